The van der Waals surface area contributed by atoms with E-state index in [1.165, 1.54) is 4.68 Å². The molecule has 5 rings (SSSR count). The fourth-order valence-corrected chi connectivity index (χ4v) is 4.27. The average Bonchev–Trinajstić information content (AvgIpc) is 3.55. The molecule has 1 fully saturated rings. The van der Waals surface area contributed by atoms with E-state index in [0.29, 0.717) is 18.5 Å². The lowest BCUT2D eigenvalue weighted by Gasteiger charge is -2.16. The molecule has 3 aromatic rings. The summed E-state index contributed by atoms with van der Waals surface area (Å²) in [6.07, 6.45) is 4.78. The molecule has 1 saturated carbocycles. The van der Waals surface area contributed by atoms with Crippen LogP contribution in [0.2, 0.25) is 0 Å². The van der Waals surface area contributed by atoms with Gasteiger partial charge in [0.15, 0.2) is 5.69 Å². The number of carbonyl (C=O) groups is 1. The van der Waals surface area contributed by atoms with E-state index in [2.05, 4.69) is 16.8 Å². The molecule has 0 spiro atoms. The normalized spacial score (nSPS) is 15.8. The van der Waals surface area contributed by atoms with Crippen molar-refractivity contribution in [1.29, 1.82) is 0 Å². The van der Waals surface area contributed by atoms with Crippen molar-refractivity contribution in [3.8, 4) is 34.4 Å². The molecule has 4 N–H and O–H groups in total. The van der Waals surface area contributed by atoms with Crippen LogP contribution in [0.4, 0.5) is 0 Å². The number of pyridine rings is 1. The number of rotatable bonds is 4. The molecule has 1 unspecified atom stereocenters. The van der Waals surface area contributed by atoms with Crippen molar-refractivity contribution in [2.75, 3.05) is 0 Å². The summed E-state index contributed by atoms with van der Waals surface area (Å²) < 4.78 is 1.52. The first-order valence-electron chi connectivity index (χ1n) is 11.2. The minimum atomic E-state index is -1.04. The molecule has 168 valence electrons. The van der Waals surface area contributed by atoms with Crippen LogP contribution < -0.4 is 5.73 Å². The Labute approximate surface area is 192 Å². The number of nitrogens with two attached hydrogens (primary N) is 1. The fourth-order valence-electron chi connectivity index (χ4n) is 4.27. The molecule has 0 saturated heterocycles. The summed E-state index contributed by atoms with van der Waals surface area (Å²) in [4.78, 5) is 16.7. The molecular formula is C26H26N4O3. The Balaban J connectivity index is 1.53. The van der Waals surface area contributed by atoms with E-state index < -0.39 is 17.7 Å². The van der Waals surface area contributed by atoms with Gasteiger partial charge in [0.1, 0.15) is 11.8 Å². The summed E-state index contributed by atoms with van der Waals surface area (Å²) in [7, 11) is 0. The van der Waals surface area contributed by atoms with E-state index in [1.54, 1.807) is 13.8 Å². The lowest BCUT2D eigenvalue weighted by Crippen LogP contribution is -2.25. The van der Waals surface area contributed by atoms with Crippen LogP contribution in [0.5, 0.6) is 0 Å². The van der Waals surface area contributed by atoms with Crippen LogP contribution in [0.3, 0.4) is 0 Å². The Hall–Kier alpha value is -3.47. The third-order valence-corrected chi connectivity index (χ3v) is 6.18. The maximum Gasteiger partial charge on any atom is 0.354 e. The lowest BCUT2D eigenvalue weighted by atomic mass is 9.89. The van der Waals surface area contributed by atoms with E-state index in [0.717, 1.165) is 46.4 Å². The third-order valence-electron chi connectivity index (χ3n) is 6.18. The summed E-state index contributed by atoms with van der Waals surface area (Å²) in [5.41, 5.74) is 11.4. The lowest BCUT2D eigenvalue weighted by molar-refractivity contribution is 0.0677. The molecule has 2 heterocycles. The van der Waals surface area contributed by atoms with Crippen LogP contribution in [0.25, 0.3) is 22.5 Å². The van der Waals surface area contributed by atoms with Crippen molar-refractivity contribution in [3.05, 3.63) is 58.9 Å². The second-order valence-corrected chi connectivity index (χ2v) is 9.37. The topological polar surface area (TPSA) is 114 Å². The quantitative estimate of drug-likeness (QED) is 0.534. The summed E-state index contributed by atoms with van der Waals surface area (Å²) in [6, 6.07) is 9.66. The zero-order valence-electron chi connectivity index (χ0n) is 18.7. The number of aromatic nitrogens is 3. The number of hydrogen-bond donors (Lipinski definition) is 3. The first-order valence-corrected chi connectivity index (χ1v) is 11.2. The molecule has 2 aliphatic carbocycles. The summed E-state index contributed by atoms with van der Waals surface area (Å²) >= 11 is 0. The van der Waals surface area contributed by atoms with Gasteiger partial charge in [0.05, 0.1) is 11.4 Å². The molecule has 7 nitrogen and oxygen atoms in total. The van der Waals surface area contributed by atoms with Crippen LogP contribution >= 0.6 is 0 Å². The van der Waals surface area contributed by atoms with E-state index in [1.807, 2.05) is 36.5 Å². The molecule has 33 heavy (non-hydrogen) atoms. The minimum absolute atomic E-state index is 0.211. The molecular weight excluding hydrogens is 416 g/mol. The molecule has 2 aliphatic rings. The number of aromatic carboxylic acids is 1. The predicted molar refractivity (Wildman–Crippen MR) is 124 cm³/mol. The van der Waals surface area contributed by atoms with Crippen LogP contribution in [-0.4, -0.2) is 36.5 Å². The summed E-state index contributed by atoms with van der Waals surface area (Å²) in [5, 5.41) is 24.4. The smallest absolute Gasteiger partial charge is 0.354 e. The summed E-state index contributed by atoms with van der Waals surface area (Å²) in [5.74, 6) is 5.08. The fraction of sp³-hybridized carbons (Fsp3) is 0.346. The molecule has 0 bridgehead atoms. The maximum atomic E-state index is 12.1. The largest absolute Gasteiger partial charge is 0.477 e. The van der Waals surface area contributed by atoms with Crippen molar-refractivity contribution in [1.82, 2.24) is 14.8 Å². The molecule has 1 atom stereocenters. The number of fused-ring (bicyclic) bond motifs is 3. The first-order chi connectivity index (χ1) is 15.7. The van der Waals surface area contributed by atoms with Gasteiger partial charge in [-0.3, -0.25) is 4.98 Å². The second-order valence-electron chi connectivity index (χ2n) is 9.37. The van der Waals surface area contributed by atoms with E-state index in [4.69, 9.17) is 10.8 Å². The number of carboxylic acids is 1. The van der Waals surface area contributed by atoms with E-state index in [-0.39, 0.29) is 11.6 Å². The number of aliphatic hydroxyl groups is 1. The Morgan fingerprint density at radius 1 is 1.24 bits per heavy atom. The van der Waals surface area contributed by atoms with Gasteiger partial charge in [-0.25, -0.2) is 9.48 Å². The van der Waals surface area contributed by atoms with Crippen molar-refractivity contribution < 1.29 is 15.0 Å². The molecule has 0 aliphatic heterocycles. The summed E-state index contributed by atoms with van der Waals surface area (Å²) in [6.45, 7) is 3.29. The molecule has 0 amide bonds. The zero-order chi connectivity index (χ0) is 23.3. The highest BCUT2D eigenvalue weighted by atomic mass is 16.4. The van der Waals surface area contributed by atoms with Gasteiger partial charge in [0.25, 0.3) is 0 Å². The first kappa shape index (κ1) is 21.4. The van der Waals surface area contributed by atoms with Gasteiger partial charge < -0.3 is 15.9 Å². The molecule has 7 heteroatoms. The van der Waals surface area contributed by atoms with Gasteiger partial charge in [-0.15, -0.1) is 0 Å². The Morgan fingerprint density at radius 2 is 1.97 bits per heavy atom. The highest BCUT2D eigenvalue weighted by Crippen LogP contribution is 2.41. The number of aryl methyl sites for hydroxylation is 1. The predicted octanol–water partition coefficient (Wildman–Crippen LogP) is 3.40. The van der Waals surface area contributed by atoms with E-state index in [9.17, 15) is 15.0 Å². The molecule has 0 radical (unpaired) electrons. The maximum absolute atomic E-state index is 12.1. The van der Waals surface area contributed by atoms with Gasteiger partial charge in [-0.1, -0.05) is 24.0 Å². The number of benzene rings is 1. The highest BCUT2D eigenvalue weighted by molar-refractivity contribution is 5.91. The SMILES string of the molecule is CC(C)(O)C#Cc1ccc(-c2cc3c(cn2)CCc2c-3nn(C(N)C3CC3)c2C(=O)O)cc1. The van der Waals surface area contributed by atoms with Crippen molar-refractivity contribution in [2.45, 2.75) is 51.3 Å². The van der Waals surface area contributed by atoms with Crippen LogP contribution in [0, 0.1) is 17.8 Å². The Bertz CT molecular complexity index is 1300. The average molecular weight is 443 g/mol. The van der Waals surface area contributed by atoms with Crippen molar-refractivity contribution in [3.63, 3.8) is 0 Å². The number of hydrogen-bond acceptors (Lipinski definition) is 5. The van der Waals surface area contributed by atoms with E-state index >= 15 is 0 Å². The Morgan fingerprint density at radius 3 is 2.61 bits per heavy atom. The van der Waals surface area contributed by atoms with Crippen molar-refractivity contribution in [2.24, 2.45) is 11.7 Å². The highest BCUT2D eigenvalue weighted by Gasteiger charge is 2.36. The second kappa shape index (κ2) is 7.84. The Kier molecular flexibility index (Phi) is 5.08. The number of nitrogens with zero attached hydrogens (tertiary/aromatic N) is 3. The van der Waals surface area contributed by atoms with Gasteiger partial charge in [0, 0.05) is 28.5 Å². The standard InChI is InChI=1S/C26H26N4O3/c1-26(2,33)12-11-15-3-5-16(6-4-15)21-13-20-18(14-28-21)9-10-19-22(20)29-30(23(19)25(31)32)24(27)17-7-8-17/h3-6,13-14,17,24,33H,7-10,27H2,1-2H3,(H,31,32). The molecule has 1 aromatic carbocycles. The van der Waals surface area contributed by atoms with Gasteiger partial charge in [0.2, 0.25) is 0 Å². The third kappa shape index (κ3) is 4.15. The monoisotopic (exact) mass is 442 g/mol. The molecule has 2 aromatic heterocycles. The zero-order valence-corrected chi connectivity index (χ0v) is 18.7. The van der Waals surface area contributed by atoms with Crippen LogP contribution in [0.15, 0.2) is 36.5 Å². The van der Waals surface area contributed by atoms with Gasteiger partial charge in [-0.05, 0) is 69.2 Å². The number of carboxylic acid groups (broad SMARTS) is 1. The van der Waals surface area contributed by atoms with Crippen molar-refractivity contribution >= 4 is 5.97 Å². The van der Waals surface area contributed by atoms with Crippen LogP contribution in [0.1, 0.15) is 60.0 Å². The van der Waals surface area contributed by atoms with Gasteiger partial charge >= 0.3 is 5.97 Å². The minimum Gasteiger partial charge on any atom is -0.477 e. The van der Waals surface area contributed by atoms with Crippen LogP contribution in [-0.2, 0) is 12.8 Å². The van der Waals surface area contributed by atoms with Gasteiger partial charge in [-0.2, -0.15) is 5.10 Å².